The Bertz CT molecular complexity index is 950. The van der Waals surface area contributed by atoms with Gasteiger partial charge in [-0.3, -0.25) is 0 Å². The minimum absolute atomic E-state index is 0. The Labute approximate surface area is 206 Å². The van der Waals surface area contributed by atoms with Crippen molar-refractivity contribution in [2.24, 2.45) is 17.8 Å². The smallest absolute Gasteiger partial charge is 1.00 e. The third kappa shape index (κ3) is 3.82. The van der Waals surface area contributed by atoms with E-state index in [2.05, 4.69) is 61.5 Å². The van der Waals surface area contributed by atoms with Crippen molar-refractivity contribution in [3.05, 3.63) is 65.7 Å². The van der Waals surface area contributed by atoms with Crippen LogP contribution in [0.2, 0.25) is 0 Å². The molecule has 4 bridgehead atoms. The first-order valence-corrected chi connectivity index (χ1v) is 10.5. The number of benzene rings is 2. The molecule has 4 aliphatic rings. The van der Waals surface area contributed by atoms with E-state index in [0.29, 0.717) is 5.41 Å². The van der Waals surface area contributed by atoms with Gasteiger partial charge in [0.1, 0.15) is 0 Å². The molecule has 29 heavy (non-hydrogen) atoms. The van der Waals surface area contributed by atoms with Gasteiger partial charge in [0.15, 0.2) is 0 Å². The zero-order valence-electron chi connectivity index (χ0n) is 16.9. The Morgan fingerprint density at radius 2 is 1.41 bits per heavy atom. The summed E-state index contributed by atoms with van der Waals surface area (Å²) in [4.78, 5) is 0. The van der Waals surface area contributed by atoms with E-state index in [1.807, 2.05) is 0 Å². The summed E-state index contributed by atoms with van der Waals surface area (Å²) in [7, 11) is 0. The molecule has 0 heterocycles. The first-order valence-electron chi connectivity index (χ1n) is 10.5. The summed E-state index contributed by atoms with van der Waals surface area (Å²) in [5.74, 6) is 3.05. The van der Waals surface area contributed by atoms with Gasteiger partial charge in [0.2, 0.25) is 0 Å². The number of rotatable bonds is 2. The molecule has 0 nitrogen and oxygen atoms in total. The van der Waals surface area contributed by atoms with Crippen LogP contribution in [0.1, 0.15) is 49.7 Å². The zero-order chi connectivity index (χ0) is 17.3. The van der Waals surface area contributed by atoms with E-state index in [4.69, 9.17) is 0 Å². The molecular weight excluding hydrogens is 474 g/mol. The third-order valence-electron chi connectivity index (χ3n) is 7.74. The molecular formula is C26H27Cl2Zr. The van der Waals surface area contributed by atoms with Gasteiger partial charge in [-0.2, -0.15) is 6.07 Å². The van der Waals surface area contributed by atoms with Gasteiger partial charge < -0.3 is 24.8 Å². The normalized spacial score (nSPS) is 29.1. The van der Waals surface area contributed by atoms with Crippen LogP contribution in [-0.4, -0.2) is 0 Å². The molecule has 0 saturated heterocycles. The van der Waals surface area contributed by atoms with Gasteiger partial charge in [0, 0.05) is 0 Å². The minimum atomic E-state index is 0. The molecule has 7 rings (SSSR count). The van der Waals surface area contributed by atoms with Crippen molar-refractivity contribution >= 4 is 10.8 Å². The van der Waals surface area contributed by atoms with Gasteiger partial charge in [0.25, 0.3) is 0 Å². The molecule has 0 N–H and O–H groups in total. The molecule has 3 aromatic rings. The van der Waals surface area contributed by atoms with E-state index in [0.717, 1.165) is 17.8 Å². The van der Waals surface area contributed by atoms with Crippen molar-refractivity contribution in [1.82, 2.24) is 0 Å². The molecule has 0 spiro atoms. The summed E-state index contributed by atoms with van der Waals surface area (Å²) in [6.07, 6.45) is 8.93. The van der Waals surface area contributed by atoms with Gasteiger partial charge in [-0.15, -0.1) is 34.5 Å². The maximum atomic E-state index is 2.47. The molecule has 0 aliphatic heterocycles. The van der Waals surface area contributed by atoms with Crippen molar-refractivity contribution in [1.29, 1.82) is 0 Å². The van der Waals surface area contributed by atoms with Crippen molar-refractivity contribution < 1.29 is 51.0 Å². The van der Waals surface area contributed by atoms with E-state index in [-0.39, 0.29) is 51.0 Å². The van der Waals surface area contributed by atoms with Gasteiger partial charge in [-0.25, -0.2) is 0 Å². The van der Waals surface area contributed by atoms with E-state index in [1.54, 1.807) is 5.56 Å². The van der Waals surface area contributed by atoms with Crippen LogP contribution < -0.4 is 24.8 Å². The molecule has 3 aromatic carbocycles. The molecule has 4 saturated carbocycles. The van der Waals surface area contributed by atoms with Crippen molar-refractivity contribution in [2.75, 3.05) is 0 Å². The molecule has 4 fully saturated rings. The van der Waals surface area contributed by atoms with E-state index >= 15 is 0 Å². The molecule has 0 atom stereocenters. The Hall–Kier alpha value is -0.487. The largest absolute Gasteiger partial charge is 3.00 e. The third-order valence-corrected chi connectivity index (χ3v) is 7.74. The second kappa shape index (κ2) is 8.57. The fraction of sp³-hybridized carbons (Fsp3) is 0.423. The molecule has 0 amide bonds. The monoisotopic (exact) mass is 499 g/mol. The number of aryl methyl sites for hydroxylation is 1. The van der Waals surface area contributed by atoms with Crippen LogP contribution in [0.25, 0.3) is 21.9 Å². The predicted molar refractivity (Wildman–Crippen MR) is 110 cm³/mol. The molecule has 0 unspecified atom stereocenters. The SMILES string of the molecule is Cc1cc2c(-c3ccc(C45CC6CC(CC(C6)C4)C5)cc3)cccc2[cH-]1.[Cl-].[Cl-].[Zr+3]. The molecule has 149 valence electrons. The first kappa shape index (κ1) is 23.2. The number of hydrogen-bond acceptors (Lipinski definition) is 0. The Morgan fingerprint density at radius 3 is 2.00 bits per heavy atom. The molecule has 4 aliphatic carbocycles. The average molecular weight is 502 g/mol. The van der Waals surface area contributed by atoms with Crippen LogP contribution in [-0.2, 0) is 31.6 Å². The summed E-state index contributed by atoms with van der Waals surface area (Å²) in [5.41, 5.74) is 6.25. The first-order chi connectivity index (χ1) is 12.7. The standard InChI is InChI=1S/C26H27.2ClH.Zr/c1-17-9-22-3-2-4-24(25(22)10-17)21-5-7-23(8-6-21)26-14-18-11-19(15-26)13-20(12-18)16-26;;;/h2-10,18-20H,11-16H2,1H3;2*1H;/q-1;;;+3/p-2. The topological polar surface area (TPSA) is 0 Å². The summed E-state index contributed by atoms with van der Waals surface area (Å²) < 4.78 is 0. The Balaban J connectivity index is 0.000000801. The van der Waals surface area contributed by atoms with Gasteiger partial charge >= 0.3 is 26.2 Å². The molecule has 1 radical (unpaired) electrons. The fourth-order valence-electron chi connectivity index (χ4n) is 7.10. The van der Waals surface area contributed by atoms with Crippen molar-refractivity contribution in [3.8, 4) is 11.1 Å². The van der Waals surface area contributed by atoms with Gasteiger partial charge in [-0.05, 0) is 72.8 Å². The molecule has 3 heteroatoms. The van der Waals surface area contributed by atoms with Crippen molar-refractivity contribution in [3.63, 3.8) is 0 Å². The number of hydrogen-bond donors (Lipinski definition) is 0. The van der Waals surface area contributed by atoms with Crippen LogP contribution in [0.5, 0.6) is 0 Å². The van der Waals surface area contributed by atoms with E-state index in [9.17, 15) is 0 Å². The van der Waals surface area contributed by atoms with Crippen molar-refractivity contribution in [2.45, 2.75) is 50.9 Å². The summed E-state index contributed by atoms with van der Waals surface area (Å²) in [6.45, 7) is 2.19. The Kier molecular flexibility index (Phi) is 6.85. The summed E-state index contributed by atoms with van der Waals surface area (Å²) >= 11 is 0. The van der Waals surface area contributed by atoms with E-state index < -0.39 is 0 Å². The van der Waals surface area contributed by atoms with Crippen LogP contribution in [0.3, 0.4) is 0 Å². The fourth-order valence-corrected chi connectivity index (χ4v) is 7.10. The van der Waals surface area contributed by atoms with Gasteiger partial charge in [0.05, 0.1) is 0 Å². The summed E-state index contributed by atoms with van der Waals surface area (Å²) in [6, 6.07) is 21.1. The summed E-state index contributed by atoms with van der Waals surface area (Å²) in [5, 5.41) is 2.76. The van der Waals surface area contributed by atoms with Crippen LogP contribution in [0, 0.1) is 24.7 Å². The second-order valence-corrected chi connectivity index (χ2v) is 9.62. The predicted octanol–water partition coefficient (Wildman–Crippen LogP) is 1.01. The Morgan fingerprint density at radius 1 is 0.828 bits per heavy atom. The number of fused-ring (bicyclic) bond motifs is 1. The van der Waals surface area contributed by atoms with Crippen LogP contribution >= 0.6 is 0 Å². The minimum Gasteiger partial charge on any atom is -1.00 e. The van der Waals surface area contributed by atoms with Gasteiger partial charge in [-0.1, -0.05) is 42.8 Å². The second-order valence-electron chi connectivity index (χ2n) is 9.62. The number of halogens is 2. The van der Waals surface area contributed by atoms with E-state index in [1.165, 1.54) is 66.0 Å². The van der Waals surface area contributed by atoms with Crippen LogP contribution in [0.4, 0.5) is 0 Å². The molecule has 0 aromatic heterocycles. The zero-order valence-corrected chi connectivity index (χ0v) is 20.9. The average Bonchev–Trinajstić information content (AvgIpc) is 3.01. The maximum absolute atomic E-state index is 2.47. The van der Waals surface area contributed by atoms with Crippen LogP contribution in [0.15, 0.2) is 54.6 Å². The maximum Gasteiger partial charge on any atom is 3.00 e. The quantitative estimate of drug-likeness (QED) is 0.460.